The molecule has 1 atom stereocenters. The topological polar surface area (TPSA) is 71.6 Å². The summed E-state index contributed by atoms with van der Waals surface area (Å²) < 4.78 is 14.0. The van der Waals surface area contributed by atoms with Crippen LogP contribution in [0.1, 0.15) is 102 Å². The molecule has 0 radical (unpaired) electrons. The second-order valence-corrected chi connectivity index (χ2v) is 13.4. The van der Waals surface area contributed by atoms with Crippen molar-refractivity contribution in [3.8, 4) is 12.1 Å². The van der Waals surface area contributed by atoms with Gasteiger partial charge < -0.3 is 10.6 Å². The van der Waals surface area contributed by atoms with Crippen molar-refractivity contribution in [2.45, 2.75) is 117 Å². The molecular formula is C36H49FN4. The van der Waals surface area contributed by atoms with Gasteiger partial charge in [-0.3, -0.25) is 0 Å². The molecule has 2 aromatic rings. The van der Waals surface area contributed by atoms with Gasteiger partial charge in [0.15, 0.2) is 0 Å². The molecule has 2 N–H and O–H groups in total. The van der Waals surface area contributed by atoms with Gasteiger partial charge in [-0.1, -0.05) is 63.2 Å². The lowest BCUT2D eigenvalue weighted by Gasteiger charge is -2.43. The Labute approximate surface area is 247 Å². The van der Waals surface area contributed by atoms with Crippen LogP contribution in [0.4, 0.5) is 4.39 Å². The number of hydrogen-bond acceptors (Lipinski definition) is 4. The summed E-state index contributed by atoms with van der Waals surface area (Å²) in [4.78, 5) is 0. The predicted molar refractivity (Wildman–Crippen MR) is 164 cm³/mol. The highest BCUT2D eigenvalue weighted by molar-refractivity contribution is 5.24. The Bertz CT molecular complexity index is 1190. The molecule has 0 amide bonds. The number of benzene rings is 2. The van der Waals surface area contributed by atoms with Crippen molar-refractivity contribution < 1.29 is 4.39 Å². The monoisotopic (exact) mass is 556 g/mol. The molecule has 0 saturated heterocycles. The molecule has 4 nitrogen and oxygen atoms in total. The highest BCUT2D eigenvalue weighted by atomic mass is 19.1. The summed E-state index contributed by atoms with van der Waals surface area (Å²) in [5.74, 6) is 0.819. The Morgan fingerprint density at radius 1 is 0.780 bits per heavy atom. The van der Waals surface area contributed by atoms with Crippen molar-refractivity contribution in [1.29, 1.82) is 10.5 Å². The van der Waals surface area contributed by atoms with Crippen LogP contribution in [-0.4, -0.2) is 12.1 Å². The number of nitrogens with zero attached hydrogens (tertiary/aromatic N) is 2. The van der Waals surface area contributed by atoms with E-state index in [9.17, 15) is 14.9 Å². The van der Waals surface area contributed by atoms with Gasteiger partial charge in [0.05, 0.1) is 12.1 Å². The average Bonchev–Trinajstić information content (AvgIpc) is 2.97. The molecule has 1 unspecified atom stereocenters. The van der Waals surface area contributed by atoms with E-state index in [1.807, 2.05) is 12.1 Å². The van der Waals surface area contributed by atoms with Gasteiger partial charge in [-0.25, -0.2) is 4.39 Å². The fourth-order valence-corrected chi connectivity index (χ4v) is 7.51. The van der Waals surface area contributed by atoms with Gasteiger partial charge in [0.2, 0.25) is 0 Å². The molecule has 2 aliphatic rings. The van der Waals surface area contributed by atoms with Crippen LogP contribution in [0, 0.1) is 51.1 Å². The first-order valence-electron chi connectivity index (χ1n) is 15.8. The molecule has 2 aliphatic carbocycles. The van der Waals surface area contributed by atoms with Crippen molar-refractivity contribution in [3.05, 3.63) is 71.0 Å². The Kier molecular flexibility index (Phi) is 11.0. The second kappa shape index (κ2) is 14.4. The first-order chi connectivity index (χ1) is 19.8. The fourth-order valence-electron chi connectivity index (χ4n) is 7.51. The maximum Gasteiger partial charge on any atom is 0.127 e. The third-order valence-electron chi connectivity index (χ3n) is 10.8. The number of nitriles is 2. The van der Waals surface area contributed by atoms with E-state index in [0.29, 0.717) is 43.3 Å². The van der Waals surface area contributed by atoms with Crippen LogP contribution < -0.4 is 10.6 Å². The summed E-state index contributed by atoms with van der Waals surface area (Å²) in [6.45, 7) is 8.31. The smallest absolute Gasteiger partial charge is 0.127 e. The molecule has 0 heterocycles. The van der Waals surface area contributed by atoms with E-state index in [1.54, 1.807) is 6.07 Å². The Hall–Kier alpha value is -2.73. The van der Waals surface area contributed by atoms with E-state index < -0.39 is 0 Å². The second-order valence-electron chi connectivity index (χ2n) is 13.4. The predicted octanol–water partition coefficient (Wildman–Crippen LogP) is 8.23. The molecule has 2 fully saturated rings. The first-order valence-corrected chi connectivity index (χ1v) is 15.8. The van der Waals surface area contributed by atoms with Crippen LogP contribution in [0.5, 0.6) is 0 Å². The maximum atomic E-state index is 14.0. The molecule has 41 heavy (non-hydrogen) atoms. The SMILES string of the molecule is CC(C)[C@]1(CC#N)CC[C@H](NCc2cccc(CC(C)[C@]3(CC#N)CC[C@H](NCc4ccccc4F)CC3)c2)CC1. The van der Waals surface area contributed by atoms with Gasteiger partial charge >= 0.3 is 0 Å². The molecule has 220 valence electrons. The number of halogens is 1. The third kappa shape index (κ3) is 7.97. The van der Waals surface area contributed by atoms with Crippen LogP contribution in [0.15, 0.2) is 48.5 Å². The zero-order valence-corrected chi connectivity index (χ0v) is 25.4. The standard InChI is InChI=1S/C36H49FN4/c1-27(2)35(19-21-38)15-11-32(12-16-35)40-25-30-8-6-7-29(24-30)23-28(3)36(20-22-39)17-13-33(14-18-36)41-26-31-9-4-5-10-34(31)37/h4-10,24,27-28,32-33,40-41H,11-20,23,25-26H2,1-3H3/t28?,32-,33-,35+,36+. The van der Waals surface area contributed by atoms with Crippen LogP contribution >= 0.6 is 0 Å². The van der Waals surface area contributed by atoms with Gasteiger partial charge in [-0.05, 0) is 97.6 Å². The zero-order valence-electron chi connectivity index (χ0n) is 25.4. The minimum absolute atomic E-state index is 0.0353. The van der Waals surface area contributed by atoms with Gasteiger partial charge in [0.25, 0.3) is 0 Å². The Morgan fingerprint density at radius 3 is 1.95 bits per heavy atom. The van der Waals surface area contributed by atoms with E-state index in [1.165, 1.54) is 17.2 Å². The quantitative estimate of drug-likeness (QED) is 0.276. The maximum absolute atomic E-state index is 14.0. The van der Waals surface area contributed by atoms with E-state index in [0.717, 1.165) is 69.9 Å². The van der Waals surface area contributed by atoms with E-state index in [-0.39, 0.29) is 16.6 Å². The fraction of sp³-hybridized carbons (Fsp3) is 0.611. The molecule has 2 saturated carbocycles. The Balaban J connectivity index is 1.28. The number of nitrogens with one attached hydrogen (secondary N) is 2. The highest BCUT2D eigenvalue weighted by Gasteiger charge is 2.40. The van der Waals surface area contributed by atoms with Crippen LogP contribution in [0.3, 0.4) is 0 Å². The summed E-state index contributed by atoms with van der Waals surface area (Å²) in [6.07, 6.45) is 10.9. The lowest BCUT2D eigenvalue weighted by atomic mass is 9.62. The lowest BCUT2D eigenvalue weighted by Crippen LogP contribution is -2.41. The van der Waals surface area contributed by atoms with Crippen LogP contribution in [0.25, 0.3) is 0 Å². The first kappa shape index (κ1) is 31.2. The minimum Gasteiger partial charge on any atom is -0.310 e. The van der Waals surface area contributed by atoms with Gasteiger partial charge in [0, 0.05) is 43.6 Å². The van der Waals surface area contributed by atoms with Crippen molar-refractivity contribution in [2.75, 3.05) is 0 Å². The normalized spacial score (nSPS) is 27.2. The molecule has 0 bridgehead atoms. The van der Waals surface area contributed by atoms with Crippen molar-refractivity contribution >= 4 is 0 Å². The van der Waals surface area contributed by atoms with Gasteiger partial charge in [-0.2, -0.15) is 10.5 Å². The molecule has 0 spiro atoms. The van der Waals surface area contributed by atoms with Crippen molar-refractivity contribution in [2.24, 2.45) is 22.7 Å². The van der Waals surface area contributed by atoms with Crippen LogP contribution in [-0.2, 0) is 19.5 Å². The lowest BCUT2D eigenvalue weighted by molar-refractivity contribution is 0.0949. The van der Waals surface area contributed by atoms with E-state index in [4.69, 9.17) is 0 Å². The van der Waals surface area contributed by atoms with Crippen LogP contribution in [0.2, 0.25) is 0 Å². The highest BCUT2D eigenvalue weighted by Crippen LogP contribution is 2.47. The summed E-state index contributed by atoms with van der Waals surface area (Å²) >= 11 is 0. The minimum atomic E-state index is -0.150. The van der Waals surface area contributed by atoms with E-state index >= 15 is 0 Å². The van der Waals surface area contributed by atoms with Gasteiger partial charge in [-0.15, -0.1) is 0 Å². The van der Waals surface area contributed by atoms with Crippen molar-refractivity contribution in [1.82, 2.24) is 10.6 Å². The molecule has 0 aromatic heterocycles. The molecular weight excluding hydrogens is 507 g/mol. The molecule has 0 aliphatic heterocycles. The summed E-state index contributed by atoms with van der Waals surface area (Å²) in [5, 5.41) is 26.5. The van der Waals surface area contributed by atoms with Crippen molar-refractivity contribution in [3.63, 3.8) is 0 Å². The Morgan fingerprint density at radius 2 is 1.34 bits per heavy atom. The summed E-state index contributed by atoms with van der Waals surface area (Å²) in [6, 6.07) is 21.8. The molecule has 4 rings (SSSR count). The summed E-state index contributed by atoms with van der Waals surface area (Å²) in [5.41, 5.74) is 3.62. The summed E-state index contributed by atoms with van der Waals surface area (Å²) in [7, 11) is 0. The molecule has 2 aromatic carbocycles. The third-order valence-corrected chi connectivity index (χ3v) is 10.8. The molecule has 5 heteroatoms. The largest absolute Gasteiger partial charge is 0.310 e. The van der Waals surface area contributed by atoms with E-state index in [2.05, 4.69) is 67.8 Å². The average molecular weight is 557 g/mol. The number of rotatable bonds is 12. The number of hydrogen-bond donors (Lipinski definition) is 2. The zero-order chi connectivity index (χ0) is 29.3. The van der Waals surface area contributed by atoms with Gasteiger partial charge in [0.1, 0.15) is 5.82 Å².